The summed E-state index contributed by atoms with van der Waals surface area (Å²) in [5.74, 6) is 5.25. The molecule has 0 spiro atoms. The van der Waals surface area contributed by atoms with Gasteiger partial charge in [0.1, 0.15) is 0 Å². The molecule has 0 N–H and O–H groups in total. The molecule has 2 heteroatoms. The van der Waals surface area contributed by atoms with Gasteiger partial charge in [0.15, 0.2) is 0 Å². The predicted octanol–water partition coefficient (Wildman–Crippen LogP) is 2.05. The zero-order chi connectivity index (χ0) is 10.6. The van der Waals surface area contributed by atoms with Crippen molar-refractivity contribution in [2.45, 2.75) is 40.0 Å². The minimum Gasteiger partial charge on any atom is -0.332 e. The number of carbonyl (C=O) groups excluding carboxylic acids is 1. The van der Waals surface area contributed by atoms with Crippen molar-refractivity contribution >= 4 is 5.91 Å². The van der Waals surface area contributed by atoms with Crippen LogP contribution in [-0.4, -0.2) is 23.9 Å². The number of piperidine rings is 1. The summed E-state index contributed by atoms with van der Waals surface area (Å²) in [4.78, 5) is 13.3. The van der Waals surface area contributed by atoms with Gasteiger partial charge in [-0.1, -0.05) is 26.2 Å². The molecule has 1 aliphatic rings. The van der Waals surface area contributed by atoms with Gasteiger partial charge in [0.05, 0.1) is 0 Å². The van der Waals surface area contributed by atoms with Crippen LogP contribution in [0, 0.1) is 17.3 Å². The van der Waals surface area contributed by atoms with Crippen LogP contribution in [0.1, 0.15) is 40.0 Å². The van der Waals surface area contributed by atoms with E-state index >= 15 is 0 Å². The van der Waals surface area contributed by atoms with Gasteiger partial charge in [-0.3, -0.25) is 4.79 Å². The highest BCUT2D eigenvalue weighted by Crippen LogP contribution is 2.33. The van der Waals surface area contributed by atoms with Gasteiger partial charge in [0, 0.05) is 13.1 Å². The molecule has 2 nitrogen and oxygen atoms in total. The standard InChI is InChI=1S/C12H19NO/c1-4-6-11(14)13-9-7-12(3,5-2)8-10-13/h5,7-10H2,1-3H3. The summed E-state index contributed by atoms with van der Waals surface area (Å²) in [5.41, 5.74) is 0.441. The summed E-state index contributed by atoms with van der Waals surface area (Å²) in [6.07, 6.45) is 3.43. The number of carbonyl (C=O) groups is 1. The van der Waals surface area contributed by atoms with Gasteiger partial charge >= 0.3 is 0 Å². The highest BCUT2D eigenvalue weighted by molar-refractivity contribution is 5.93. The Labute approximate surface area is 86.7 Å². The molecule has 0 saturated carbocycles. The van der Waals surface area contributed by atoms with Crippen molar-refractivity contribution in [3.63, 3.8) is 0 Å². The molecule has 1 saturated heterocycles. The third-order valence-electron chi connectivity index (χ3n) is 3.34. The number of likely N-dealkylation sites (tertiary alicyclic amines) is 1. The first-order chi connectivity index (χ1) is 6.61. The largest absolute Gasteiger partial charge is 0.332 e. The lowest BCUT2D eigenvalue weighted by Crippen LogP contribution is -2.41. The quantitative estimate of drug-likeness (QED) is 0.584. The summed E-state index contributed by atoms with van der Waals surface area (Å²) in [6.45, 7) is 7.98. The van der Waals surface area contributed by atoms with Gasteiger partial charge in [0.2, 0.25) is 0 Å². The molecule has 0 aliphatic carbocycles. The molecule has 0 aromatic heterocycles. The molecule has 0 bridgehead atoms. The molecule has 0 radical (unpaired) electrons. The van der Waals surface area contributed by atoms with Crippen molar-refractivity contribution in [3.8, 4) is 11.8 Å². The molecule has 1 fully saturated rings. The maximum absolute atomic E-state index is 11.4. The second kappa shape index (κ2) is 4.50. The van der Waals surface area contributed by atoms with Crippen LogP contribution in [-0.2, 0) is 4.79 Å². The number of rotatable bonds is 1. The molecule has 1 rings (SSSR count). The Kier molecular flexibility index (Phi) is 3.57. The van der Waals surface area contributed by atoms with E-state index in [0.29, 0.717) is 5.41 Å². The van der Waals surface area contributed by atoms with Crippen molar-refractivity contribution in [2.75, 3.05) is 13.1 Å². The van der Waals surface area contributed by atoms with Crippen LogP contribution in [0.2, 0.25) is 0 Å². The first kappa shape index (κ1) is 11.1. The molecule has 1 amide bonds. The highest BCUT2D eigenvalue weighted by atomic mass is 16.2. The van der Waals surface area contributed by atoms with Gasteiger partial charge in [-0.25, -0.2) is 0 Å². The van der Waals surface area contributed by atoms with Crippen molar-refractivity contribution in [2.24, 2.45) is 5.41 Å². The van der Waals surface area contributed by atoms with Gasteiger partial charge < -0.3 is 4.90 Å². The maximum Gasteiger partial charge on any atom is 0.298 e. The van der Waals surface area contributed by atoms with Crippen molar-refractivity contribution < 1.29 is 4.79 Å². The Balaban J connectivity index is 2.49. The minimum atomic E-state index is -0.00865. The summed E-state index contributed by atoms with van der Waals surface area (Å²) >= 11 is 0. The summed E-state index contributed by atoms with van der Waals surface area (Å²) in [5, 5.41) is 0. The lowest BCUT2D eigenvalue weighted by molar-refractivity contribution is -0.127. The number of hydrogen-bond donors (Lipinski definition) is 0. The molecule has 1 heterocycles. The van der Waals surface area contributed by atoms with Crippen molar-refractivity contribution in [1.82, 2.24) is 4.90 Å². The minimum absolute atomic E-state index is 0.00865. The lowest BCUT2D eigenvalue weighted by atomic mass is 9.78. The van der Waals surface area contributed by atoms with E-state index in [2.05, 4.69) is 25.7 Å². The molecule has 0 aromatic carbocycles. The maximum atomic E-state index is 11.4. The van der Waals surface area contributed by atoms with E-state index in [1.807, 2.05) is 4.90 Å². The molecule has 0 aromatic rings. The van der Waals surface area contributed by atoms with E-state index < -0.39 is 0 Å². The SMILES string of the molecule is CC#CC(=O)N1CCC(C)(CC)CC1. The molecule has 0 unspecified atom stereocenters. The Bertz CT molecular complexity index is 264. The third kappa shape index (κ3) is 2.51. The summed E-state index contributed by atoms with van der Waals surface area (Å²) in [7, 11) is 0. The van der Waals surface area contributed by atoms with E-state index in [1.165, 1.54) is 6.42 Å². The third-order valence-corrected chi connectivity index (χ3v) is 3.34. The van der Waals surface area contributed by atoms with Crippen LogP contribution >= 0.6 is 0 Å². The Morgan fingerprint density at radius 1 is 1.43 bits per heavy atom. The average Bonchev–Trinajstić information content (AvgIpc) is 2.19. The highest BCUT2D eigenvalue weighted by Gasteiger charge is 2.29. The fraction of sp³-hybridized carbons (Fsp3) is 0.750. The lowest BCUT2D eigenvalue weighted by Gasteiger charge is -2.38. The zero-order valence-electron chi connectivity index (χ0n) is 9.39. The van der Waals surface area contributed by atoms with Gasteiger partial charge in [-0.2, -0.15) is 0 Å². The first-order valence-corrected chi connectivity index (χ1v) is 5.33. The molecule has 14 heavy (non-hydrogen) atoms. The van der Waals surface area contributed by atoms with Crippen molar-refractivity contribution in [1.29, 1.82) is 0 Å². The Morgan fingerprint density at radius 2 is 2.00 bits per heavy atom. The molecular formula is C12H19NO. The smallest absolute Gasteiger partial charge is 0.298 e. The predicted molar refractivity (Wildman–Crippen MR) is 57.7 cm³/mol. The van der Waals surface area contributed by atoms with E-state index in [-0.39, 0.29) is 5.91 Å². The molecular weight excluding hydrogens is 174 g/mol. The van der Waals surface area contributed by atoms with E-state index in [1.54, 1.807) is 6.92 Å². The average molecular weight is 193 g/mol. The first-order valence-electron chi connectivity index (χ1n) is 5.33. The van der Waals surface area contributed by atoms with Crippen LogP contribution in [0.4, 0.5) is 0 Å². The van der Waals surface area contributed by atoms with Crippen LogP contribution < -0.4 is 0 Å². The topological polar surface area (TPSA) is 20.3 Å². The van der Waals surface area contributed by atoms with Crippen LogP contribution in [0.15, 0.2) is 0 Å². The fourth-order valence-electron chi connectivity index (χ4n) is 1.79. The monoisotopic (exact) mass is 193 g/mol. The second-order valence-corrected chi connectivity index (χ2v) is 4.33. The number of amides is 1. The zero-order valence-corrected chi connectivity index (χ0v) is 9.39. The molecule has 0 atom stereocenters. The van der Waals surface area contributed by atoms with Crippen molar-refractivity contribution in [3.05, 3.63) is 0 Å². The normalized spacial score (nSPS) is 19.8. The van der Waals surface area contributed by atoms with E-state index in [4.69, 9.17) is 0 Å². The fourth-order valence-corrected chi connectivity index (χ4v) is 1.79. The van der Waals surface area contributed by atoms with E-state index in [9.17, 15) is 4.79 Å². The van der Waals surface area contributed by atoms with Crippen LogP contribution in [0.3, 0.4) is 0 Å². The summed E-state index contributed by atoms with van der Waals surface area (Å²) < 4.78 is 0. The Morgan fingerprint density at radius 3 is 2.43 bits per heavy atom. The molecule has 78 valence electrons. The van der Waals surface area contributed by atoms with Crippen LogP contribution in [0.25, 0.3) is 0 Å². The van der Waals surface area contributed by atoms with Gasteiger partial charge in [-0.05, 0) is 31.1 Å². The van der Waals surface area contributed by atoms with Crippen LogP contribution in [0.5, 0.6) is 0 Å². The molecule has 1 aliphatic heterocycles. The van der Waals surface area contributed by atoms with E-state index in [0.717, 1.165) is 25.9 Å². The van der Waals surface area contributed by atoms with Gasteiger partial charge in [0.25, 0.3) is 5.91 Å². The van der Waals surface area contributed by atoms with Gasteiger partial charge in [-0.15, -0.1) is 0 Å². The number of hydrogen-bond acceptors (Lipinski definition) is 1. The Hall–Kier alpha value is -0.970. The number of nitrogens with zero attached hydrogens (tertiary/aromatic N) is 1. The second-order valence-electron chi connectivity index (χ2n) is 4.33. The summed E-state index contributed by atoms with van der Waals surface area (Å²) in [6, 6.07) is 0.